The number of hydrogen-bond donors (Lipinski definition) is 2. The summed E-state index contributed by atoms with van der Waals surface area (Å²) in [7, 11) is 0. The number of hydrogen-bond acceptors (Lipinski definition) is 5. The average molecular weight is 225 g/mol. The van der Waals surface area contributed by atoms with E-state index in [1.807, 2.05) is 6.07 Å². The average Bonchev–Trinajstić information content (AvgIpc) is 2.28. The van der Waals surface area contributed by atoms with E-state index in [0.717, 1.165) is 5.56 Å². The Morgan fingerprint density at radius 3 is 2.44 bits per heavy atom. The van der Waals surface area contributed by atoms with Crippen molar-refractivity contribution < 1.29 is 24.3 Å². The van der Waals surface area contributed by atoms with Gasteiger partial charge in [-0.3, -0.25) is 4.84 Å². The number of ether oxygens (including phenoxy) is 1. The van der Waals surface area contributed by atoms with Gasteiger partial charge in [0.25, 0.3) is 6.10 Å². The first kappa shape index (κ1) is 12.2. The van der Waals surface area contributed by atoms with Crippen LogP contribution in [0.3, 0.4) is 0 Å². The maximum atomic E-state index is 11.2. The third-order valence-corrected chi connectivity index (χ3v) is 1.80. The van der Waals surface area contributed by atoms with Crippen molar-refractivity contribution in [2.24, 2.45) is 5.90 Å². The minimum Gasteiger partial charge on any atom is -0.479 e. The molecule has 0 heterocycles. The molecule has 0 bridgehead atoms. The van der Waals surface area contributed by atoms with E-state index >= 15 is 0 Å². The monoisotopic (exact) mass is 225 g/mol. The zero-order chi connectivity index (χ0) is 12.0. The fraction of sp³-hybridized carbons (Fsp3) is 0.200. The summed E-state index contributed by atoms with van der Waals surface area (Å²) in [6.07, 6.45) is -1.79. The lowest BCUT2D eigenvalue weighted by Crippen LogP contribution is -2.36. The molecule has 6 nitrogen and oxygen atoms in total. The van der Waals surface area contributed by atoms with Crippen LogP contribution in [0.25, 0.3) is 0 Å². The summed E-state index contributed by atoms with van der Waals surface area (Å²) in [5.41, 5.74) is 0.747. The Morgan fingerprint density at radius 2 is 1.94 bits per heavy atom. The van der Waals surface area contributed by atoms with Gasteiger partial charge < -0.3 is 9.84 Å². The first-order valence-electron chi connectivity index (χ1n) is 4.44. The molecule has 1 atom stereocenters. The first-order valence-corrected chi connectivity index (χ1v) is 4.44. The molecular formula is C10H11NO5. The molecule has 1 aromatic rings. The van der Waals surface area contributed by atoms with E-state index in [1.165, 1.54) is 0 Å². The van der Waals surface area contributed by atoms with E-state index in [0.29, 0.717) is 0 Å². The van der Waals surface area contributed by atoms with Gasteiger partial charge in [-0.25, -0.2) is 15.5 Å². The minimum atomic E-state index is -1.79. The highest BCUT2D eigenvalue weighted by atomic mass is 16.7. The standard InChI is InChI=1S/C10H11NO5/c11-16-8(9(12)13)10(14)15-6-7-4-2-1-3-5-7/h1-5,8H,6,11H2,(H,12,13). The van der Waals surface area contributed by atoms with Crippen LogP contribution in [0.2, 0.25) is 0 Å². The van der Waals surface area contributed by atoms with Crippen LogP contribution in [0, 0.1) is 0 Å². The highest BCUT2D eigenvalue weighted by molar-refractivity contribution is 5.96. The zero-order valence-electron chi connectivity index (χ0n) is 8.33. The van der Waals surface area contributed by atoms with Crippen molar-refractivity contribution in [2.75, 3.05) is 0 Å². The van der Waals surface area contributed by atoms with Gasteiger partial charge in [-0.2, -0.15) is 0 Å². The molecule has 0 aliphatic heterocycles. The van der Waals surface area contributed by atoms with Crippen LogP contribution in [0.5, 0.6) is 0 Å². The van der Waals surface area contributed by atoms with Crippen LogP contribution in [0.4, 0.5) is 0 Å². The van der Waals surface area contributed by atoms with E-state index in [2.05, 4.69) is 10.7 Å². The molecule has 0 aliphatic carbocycles. The summed E-state index contributed by atoms with van der Waals surface area (Å²) >= 11 is 0. The Labute approximate surface area is 91.5 Å². The van der Waals surface area contributed by atoms with Gasteiger partial charge in [0.05, 0.1) is 0 Å². The van der Waals surface area contributed by atoms with Gasteiger partial charge in [0.1, 0.15) is 6.61 Å². The first-order chi connectivity index (χ1) is 7.65. The summed E-state index contributed by atoms with van der Waals surface area (Å²) < 4.78 is 4.72. The molecule has 0 radical (unpaired) electrons. The fourth-order valence-electron chi connectivity index (χ4n) is 1.02. The van der Waals surface area contributed by atoms with Crippen LogP contribution in [0.1, 0.15) is 5.56 Å². The Morgan fingerprint density at radius 1 is 1.31 bits per heavy atom. The second kappa shape index (κ2) is 5.84. The van der Waals surface area contributed by atoms with Gasteiger partial charge in [-0.15, -0.1) is 0 Å². The van der Waals surface area contributed by atoms with E-state index in [4.69, 9.17) is 9.84 Å². The van der Waals surface area contributed by atoms with Gasteiger partial charge in [-0.05, 0) is 5.56 Å². The molecule has 0 aliphatic rings. The van der Waals surface area contributed by atoms with Crippen LogP contribution in [-0.4, -0.2) is 23.1 Å². The fourth-order valence-corrected chi connectivity index (χ4v) is 1.02. The zero-order valence-corrected chi connectivity index (χ0v) is 8.33. The number of carboxylic acids is 1. The van der Waals surface area contributed by atoms with Crippen LogP contribution >= 0.6 is 0 Å². The van der Waals surface area contributed by atoms with Crippen LogP contribution < -0.4 is 5.90 Å². The van der Waals surface area contributed by atoms with E-state index in [-0.39, 0.29) is 6.61 Å². The number of benzene rings is 1. The smallest absolute Gasteiger partial charge is 0.349 e. The van der Waals surface area contributed by atoms with Crippen molar-refractivity contribution >= 4 is 11.9 Å². The second-order valence-corrected chi connectivity index (χ2v) is 2.95. The molecule has 3 N–H and O–H groups in total. The molecule has 6 heteroatoms. The lowest BCUT2D eigenvalue weighted by atomic mass is 10.2. The molecule has 0 saturated heterocycles. The molecular weight excluding hydrogens is 214 g/mol. The normalized spacial score (nSPS) is 11.8. The van der Waals surface area contributed by atoms with E-state index < -0.39 is 18.0 Å². The molecule has 0 spiro atoms. The van der Waals surface area contributed by atoms with Gasteiger partial charge in [0.15, 0.2) is 0 Å². The SMILES string of the molecule is NOC(C(=O)O)C(=O)OCc1ccccc1. The van der Waals surface area contributed by atoms with Crippen molar-refractivity contribution in [3.8, 4) is 0 Å². The maximum Gasteiger partial charge on any atom is 0.349 e. The highest BCUT2D eigenvalue weighted by Gasteiger charge is 2.28. The third kappa shape index (κ3) is 3.34. The quantitative estimate of drug-likeness (QED) is 0.418. The topological polar surface area (TPSA) is 98.9 Å². The number of carboxylic acid groups (broad SMARTS) is 1. The Balaban J connectivity index is 2.49. The summed E-state index contributed by atoms with van der Waals surface area (Å²) in [4.78, 5) is 25.6. The predicted molar refractivity (Wildman–Crippen MR) is 52.9 cm³/mol. The third-order valence-electron chi connectivity index (χ3n) is 1.80. The van der Waals surface area contributed by atoms with Gasteiger partial charge >= 0.3 is 11.9 Å². The molecule has 1 aromatic carbocycles. The molecule has 1 rings (SSSR count). The summed E-state index contributed by atoms with van der Waals surface area (Å²) in [6, 6.07) is 8.85. The lowest BCUT2D eigenvalue weighted by molar-refractivity contribution is -0.171. The summed E-state index contributed by atoms with van der Waals surface area (Å²) in [6.45, 7) is -0.0210. The molecule has 16 heavy (non-hydrogen) atoms. The van der Waals surface area contributed by atoms with E-state index in [9.17, 15) is 9.59 Å². The lowest BCUT2D eigenvalue weighted by Gasteiger charge is -2.09. The Hall–Kier alpha value is -1.92. The van der Waals surface area contributed by atoms with Gasteiger partial charge in [-0.1, -0.05) is 30.3 Å². The van der Waals surface area contributed by atoms with Crippen LogP contribution in [-0.2, 0) is 25.8 Å². The van der Waals surface area contributed by atoms with Crippen LogP contribution in [0.15, 0.2) is 30.3 Å². The predicted octanol–water partition coefficient (Wildman–Crippen LogP) is 0.0733. The number of aliphatic carboxylic acids is 1. The molecule has 1 unspecified atom stereocenters. The van der Waals surface area contributed by atoms with Crippen molar-refractivity contribution in [2.45, 2.75) is 12.7 Å². The van der Waals surface area contributed by atoms with Crippen molar-refractivity contribution in [3.05, 3.63) is 35.9 Å². The van der Waals surface area contributed by atoms with Gasteiger partial charge in [0.2, 0.25) is 0 Å². The number of rotatable bonds is 5. The number of carbonyl (C=O) groups is 2. The Kier molecular flexibility index (Phi) is 4.43. The molecule has 0 fully saturated rings. The second-order valence-electron chi connectivity index (χ2n) is 2.95. The van der Waals surface area contributed by atoms with Gasteiger partial charge in [0, 0.05) is 0 Å². The summed E-state index contributed by atoms with van der Waals surface area (Å²) in [5.74, 6) is 2.15. The molecule has 0 aromatic heterocycles. The highest BCUT2D eigenvalue weighted by Crippen LogP contribution is 2.02. The van der Waals surface area contributed by atoms with Crippen molar-refractivity contribution in [1.82, 2.24) is 0 Å². The number of nitrogens with two attached hydrogens (primary N) is 1. The number of esters is 1. The molecule has 0 saturated carbocycles. The summed E-state index contributed by atoms with van der Waals surface area (Å²) in [5, 5.41) is 8.54. The molecule has 86 valence electrons. The maximum absolute atomic E-state index is 11.2. The van der Waals surface area contributed by atoms with Crippen molar-refractivity contribution in [1.29, 1.82) is 0 Å². The van der Waals surface area contributed by atoms with E-state index in [1.54, 1.807) is 24.3 Å². The minimum absolute atomic E-state index is 0.0210. The largest absolute Gasteiger partial charge is 0.479 e. The number of carbonyl (C=O) groups excluding carboxylic acids is 1. The Bertz CT molecular complexity index is 365. The van der Waals surface area contributed by atoms with Crippen molar-refractivity contribution in [3.63, 3.8) is 0 Å². The molecule has 0 amide bonds.